The highest BCUT2D eigenvalue weighted by atomic mass is 35.5. The first-order chi connectivity index (χ1) is 15.0. The lowest BCUT2D eigenvalue weighted by Crippen LogP contribution is -2.34. The van der Waals surface area contributed by atoms with Crippen LogP contribution in [0.25, 0.3) is 0 Å². The molecule has 0 bridgehead atoms. The molecule has 0 radical (unpaired) electrons. The monoisotopic (exact) mass is 442 g/mol. The summed E-state index contributed by atoms with van der Waals surface area (Å²) in [6, 6.07) is 11.5. The Labute approximate surface area is 189 Å². The molecule has 1 saturated heterocycles. The number of carbonyl (C=O) groups excluding carboxylic acids is 1. The Morgan fingerprint density at radius 3 is 2.71 bits per heavy atom. The van der Waals surface area contributed by atoms with Crippen LogP contribution in [0, 0.1) is 5.92 Å². The third kappa shape index (κ3) is 7.61. The second-order valence-corrected chi connectivity index (χ2v) is 8.49. The van der Waals surface area contributed by atoms with Gasteiger partial charge in [-0.3, -0.25) is 9.69 Å². The Bertz CT molecular complexity index is 863. The molecule has 1 aliphatic heterocycles. The third-order valence-corrected chi connectivity index (χ3v) is 5.69. The Morgan fingerprint density at radius 1 is 1.26 bits per heavy atom. The maximum atomic E-state index is 12.3. The van der Waals surface area contributed by atoms with E-state index >= 15 is 0 Å². The number of nitrogens with zero attached hydrogens (tertiary/aromatic N) is 4. The van der Waals surface area contributed by atoms with Crippen molar-refractivity contribution in [2.75, 3.05) is 45.6 Å². The van der Waals surface area contributed by atoms with Crippen LogP contribution in [0.15, 0.2) is 47.7 Å². The van der Waals surface area contributed by atoms with Gasteiger partial charge in [0.15, 0.2) is 0 Å². The number of hydrazone groups is 1. The number of benzene rings is 1. The fourth-order valence-electron chi connectivity index (χ4n) is 3.44. The average Bonchev–Trinajstić information content (AvgIpc) is 2.77. The summed E-state index contributed by atoms with van der Waals surface area (Å²) in [7, 11) is 4.05. The van der Waals surface area contributed by atoms with E-state index in [0.29, 0.717) is 11.6 Å². The van der Waals surface area contributed by atoms with E-state index in [1.54, 1.807) is 12.3 Å². The van der Waals surface area contributed by atoms with Crippen LogP contribution >= 0.6 is 11.6 Å². The molecule has 0 aliphatic carbocycles. The Hall–Kier alpha value is -2.48. The molecule has 2 N–H and O–H groups in total. The van der Waals surface area contributed by atoms with Crippen molar-refractivity contribution in [3.63, 3.8) is 0 Å². The summed E-state index contributed by atoms with van der Waals surface area (Å²) in [5, 5.41) is 8.25. The number of aromatic nitrogens is 1. The summed E-state index contributed by atoms with van der Waals surface area (Å²) in [6.07, 6.45) is 5.54. The molecule has 2 aromatic rings. The van der Waals surface area contributed by atoms with E-state index in [2.05, 4.69) is 36.7 Å². The minimum Gasteiger partial charge on any atom is -0.383 e. The molecule has 0 spiro atoms. The topological polar surface area (TPSA) is 72.9 Å². The minimum atomic E-state index is -0.299. The van der Waals surface area contributed by atoms with Crippen LogP contribution in [0.4, 0.5) is 5.69 Å². The molecule has 0 saturated carbocycles. The van der Waals surface area contributed by atoms with Crippen molar-refractivity contribution >= 4 is 29.4 Å². The van der Waals surface area contributed by atoms with Gasteiger partial charge in [-0.15, -0.1) is 0 Å². The predicted molar refractivity (Wildman–Crippen MR) is 127 cm³/mol. The summed E-state index contributed by atoms with van der Waals surface area (Å²) in [5.41, 5.74) is 5.00. The number of halogens is 1. The lowest BCUT2D eigenvalue weighted by molar-refractivity contribution is 0.0950. The smallest absolute Gasteiger partial charge is 0.289 e. The van der Waals surface area contributed by atoms with Crippen LogP contribution in [-0.4, -0.2) is 67.2 Å². The summed E-state index contributed by atoms with van der Waals surface area (Å²) < 4.78 is 0. The first kappa shape index (κ1) is 23.2. The zero-order chi connectivity index (χ0) is 22.1. The van der Waals surface area contributed by atoms with Gasteiger partial charge in [0.25, 0.3) is 5.91 Å². The van der Waals surface area contributed by atoms with Gasteiger partial charge in [0.1, 0.15) is 5.69 Å². The number of carbonyl (C=O) groups is 1. The number of hydrogen-bond donors (Lipinski definition) is 2. The van der Waals surface area contributed by atoms with Crippen molar-refractivity contribution < 1.29 is 4.79 Å². The summed E-state index contributed by atoms with van der Waals surface area (Å²) >= 11 is 6.26. The van der Waals surface area contributed by atoms with Crippen LogP contribution in [0.5, 0.6) is 0 Å². The molecule has 2 heterocycles. The zero-order valence-electron chi connectivity index (χ0n) is 18.2. The molecule has 7 nitrogen and oxygen atoms in total. The Kier molecular flexibility index (Phi) is 8.82. The van der Waals surface area contributed by atoms with E-state index in [-0.39, 0.29) is 5.91 Å². The maximum Gasteiger partial charge on any atom is 0.289 e. The van der Waals surface area contributed by atoms with Crippen molar-refractivity contribution in [2.24, 2.45) is 11.0 Å². The molecule has 1 aromatic heterocycles. The van der Waals surface area contributed by atoms with Crippen LogP contribution in [-0.2, 0) is 6.54 Å². The number of hydrogen-bond acceptors (Lipinski definition) is 6. The summed E-state index contributed by atoms with van der Waals surface area (Å²) in [4.78, 5) is 21.0. The fourth-order valence-corrected chi connectivity index (χ4v) is 3.64. The van der Waals surface area contributed by atoms with Gasteiger partial charge in [0.2, 0.25) is 0 Å². The quantitative estimate of drug-likeness (QED) is 0.460. The van der Waals surface area contributed by atoms with Gasteiger partial charge in [-0.1, -0.05) is 29.8 Å². The molecule has 31 heavy (non-hydrogen) atoms. The van der Waals surface area contributed by atoms with Gasteiger partial charge in [-0.25, -0.2) is 10.4 Å². The first-order valence-corrected chi connectivity index (χ1v) is 11.0. The number of amides is 1. The first-order valence-electron chi connectivity index (χ1n) is 10.6. The standard InChI is InChI=1S/C23H31ClN6O/c1-29(2)14-11-25-20-7-8-22(26-16-20)23(31)28-27-15-18-9-12-30(13-10-18)17-19-5-3-4-6-21(19)24/h3-8,15-16,18,25H,9-14,17H2,1-2H3,(H,28,31). The molecule has 1 fully saturated rings. The molecule has 1 amide bonds. The molecule has 3 rings (SSSR count). The molecule has 0 unspecified atom stereocenters. The number of rotatable bonds is 9. The number of pyridine rings is 1. The lowest BCUT2D eigenvalue weighted by atomic mass is 9.98. The molecular weight excluding hydrogens is 412 g/mol. The zero-order valence-corrected chi connectivity index (χ0v) is 19.0. The van der Waals surface area contributed by atoms with Crippen molar-refractivity contribution in [1.29, 1.82) is 0 Å². The largest absolute Gasteiger partial charge is 0.383 e. The second-order valence-electron chi connectivity index (χ2n) is 8.09. The Balaban J connectivity index is 1.39. The van der Waals surface area contributed by atoms with E-state index in [9.17, 15) is 4.79 Å². The predicted octanol–water partition coefficient (Wildman–Crippen LogP) is 3.34. The van der Waals surface area contributed by atoms with Crippen molar-refractivity contribution in [3.8, 4) is 0 Å². The van der Waals surface area contributed by atoms with Crippen molar-refractivity contribution in [2.45, 2.75) is 19.4 Å². The van der Waals surface area contributed by atoms with Crippen LogP contribution in [0.2, 0.25) is 5.02 Å². The van der Waals surface area contributed by atoms with E-state index in [0.717, 1.165) is 61.8 Å². The third-order valence-electron chi connectivity index (χ3n) is 5.32. The van der Waals surface area contributed by atoms with Crippen LogP contribution in [0.3, 0.4) is 0 Å². The van der Waals surface area contributed by atoms with E-state index in [1.807, 2.05) is 44.6 Å². The van der Waals surface area contributed by atoms with Gasteiger partial charge >= 0.3 is 0 Å². The highest BCUT2D eigenvalue weighted by Gasteiger charge is 2.18. The maximum absolute atomic E-state index is 12.3. The van der Waals surface area contributed by atoms with Gasteiger partial charge < -0.3 is 10.2 Å². The van der Waals surface area contributed by atoms with Gasteiger partial charge in [0.05, 0.1) is 11.9 Å². The van der Waals surface area contributed by atoms with Gasteiger partial charge in [0, 0.05) is 30.9 Å². The SMILES string of the molecule is CN(C)CCNc1ccc(C(=O)NN=CC2CCN(Cc3ccccc3Cl)CC2)nc1. The normalized spacial score (nSPS) is 15.5. The van der Waals surface area contributed by atoms with Crippen molar-refractivity contribution in [3.05, 3.63) is 58.9 Å². The van der Waals surface area contributed by atoms with Crippen LogP contribution < -0.4 is 10.7 Å². The number of likely N-dealkylation sites (tertiary alicyclic amines) is 1. The number of piperidine rings is 1. The Morgan fingerprint density at radius 2 is 2.03 bits per heavy atom. The molecular formula is C23H31ClN6O. The second kappa shape index (κ2) is 11.8. The number of likely N-dealkylation sites (N-methyl/N-ethyl adjacent to an activating group) is 1. The van der Waals surface area contributed by atoms with Crippen LogP contribution in [0.1, 0.15) is 28.9 Å². The van der Waals surface area contributed by atoms with Gasteiger partial charge in [-0.05, 0) is 69.7 Å². The molecule has 0 atom stereocenters. The highest BCUT2D eigenvalue weighted by molar-refractivity contribution is 6.31. The molecule has 1 aromatic carbocycles. The molecule has 1 aliphatic rings. The van der Waals surface area contributed by atoms with E-state index < -0.39 is 0 Å². The van der Waals surface area contributed by atoms with E-state index in [4.69, 9.17) is 11.6 Å². The summed E-state index contributed by atoms with van der Waals surface area (Å²) in [6.45, 7) is 4.59. The van der Waals surface area contributed by atoms with E-state index in [1.165, 1.54) is 0 Å². The number of nitrogens with one attached hydrogen (secondary N) is 2. The minimum absolute atomic E-state index is 0.299. The highest BCUT2D eigenvalue weighted by Crippen LogP contribution is 2.21. The molecule has 166 valence electrons. The molecule has 8 heteroatoms. The summed E-state index contributed by atoms with van der Waals surface area (Å²) in [5.74, 6) is 0.0614. The fraction of sp³-hybridized carbons (Fsp3) is 0.435. The lowest BCUT2D eigenvalue weighted by Gasteiger charge is -2.30. The average molecular weight is 443 g/mol. The van der Waals surface area contributed by atoms with Gasteiger partial charge in [-0.2, -0.15) is 5.10 Å². The van der Waals surface area contributed by atoms with Crippen molar-refractivity contribution in [1.82, 2.24) is 20.2 Å². The number of anilines is 1.